The van der Waals surface area contributed by atoms with Crippen LogP contribution in [0.1, 0.15) is 24.7 Å². The molecule has 7 heteroatoms. The number of hydrogen-bond donors (Lipinski definition) is 2. The zero-order chi connectivity index (χ0) is 19.8. The molecule has 0 fully saturated rings. The summed E-state index contributed by atoms with van der Waals surface area (Å²) in [5.74, 6) is 0.267. The first-order valence-corrected chi connectivity index (χ1v) is 8.99. The van der Waals surface area contributed by atoms with Crippen molar-refractivity contribution in [1.29, 1.82) is 0 Å². The molecule has 0 atom stereocenters. The van der Waals surface area contributed by atoms with Gasteiger partial charge in [-0.15, -0.1) is 0 Å². The van der Waals surface area contributed by atoms with Crippen molar-refractivity contribution in [3.63, 3.8) is 0 Å². The molecule has 0 unspecified atom stereocenters. The summed E-state index contributed by atoms with van der Waals surface area (Å²) in [6.07, 6.45) is 5.51. The van der Waals surface area contributed by atoms with Crippen LogP contribution in [-0.2, 0) is 16.0 Å². The maximum Gasteiger partial charge on any atom is 0.244 e. The highest BCUT2D eigenvalue weighted by atomic mass is 16.5. The van der Waals surface area contributed by atoms with Crippen LogP contribution >= 0.6 is 0 Å². The van der Waals surface area contributed by atoms with Crippen molar-refractivity contribution in [2.75, 3.05) is 11.9 Å². The van der Waals surface area contributed by atoms with E-state index in [0.717, 1.165) is 12.0 Å². The van der Waals surface area contributed by atoms with Gasteiger partial charge in [-0.05, 0) is 30.2 Å². The third kappa shape index (κ3) is 5.44. The number of carbonyl (C=O) groups excluding carboxylic acids is 2. The van der Waals surface area contributed by atoms with E-state index in [0.29, 0.717) is 11.5 Å². The van der Waals surface area contributed by atoms with Crippen LogP contribution in [0.2, 0.25) is 0 Å². The van der Waals surface area contributed by atoms with E-state index in [1.807, 2.05) is 24.3 Å². The van der Waals surface area contributed by atoms with Crippen LogP contribution in [0.15, 0.2) is 63.7 Å². The predicted molar refractivity (Wildman–Crippen MR) is 105 cm³/mol. The number of hydrogen-bond acceptors (Lipinski definition) is 5. The lowest BCUT2D eigenvalue weighted by Gasteiger charge is -2.02. The number of aromatic nitrogens is 1. The fourth-order valence-corrected chi connectivity index (χ4v) is 2.48. The molecule has 28 heavy (non-hydrogen) atoms. The number of rotatable bonds is 8. The lowest BCUT2D eigenvalue weighted by molar-refractivity contribution is -0.117. The minimum Gasteiger partial charge on any atom is -0.465 e. The topological polar surface area (TPSA) is 97.4 Å². The van der Waals surface area contributed by atoms with Gasteiger partial charge in [0.1, 0.15) is 11.5 Å². The fourth-order valence-electron chi connectivity index (χ4n) is 2.48. The number of benzene rings is 1. The third-order valence-electron chi connectivity index (χ3n) is 4.02. The van der Waals surface area contributed by atoms with Crippen molar-refractivity contribution >= 4 is 23.8 Å². The average Bonchev–Trinajstić information content (AvgIpc) is 3.38. The molecule has 0 aliphatic rings. The largest absolute Gasteiger partial charge is 0.465 e. The summed E-state index contributed by atoms with van der Waals surface area (Å²) >= 11 is 0. The first-order valence-electron chi connectivity index (χ1n) is 8.99. The van der Waals surface area contributed by atoms with Gasteiger partial charge in [0, 0.05) is 30.7 Å². The first kappa shape index (κ1) is 19.2. The van der Waals surface area contributed by atoms with Gasteiger partial charge in [0.15, 0.2) is 0 Å². The Balaban J connectivity index is 1.43. The number of nitrogens with one attached hydrogen (secondary N) is 2. The molecule has 0 radical (unpaired) electrons. The van der Waals surface area contributed by atoms with Gasteiger partial charge in [0.25, 0.3) is 0 Å². The highest BCUT2D eigenvalue weighted by Crippen LogP contribution is 2.22. The van der Waals surface area contributed by atoms with Gasteiger partial charge in [-0.25, -0.2) is 0 Å². The van der Waals surface area contributed by atoms with E-state index in [4.69, 9.17) is 8.94 Å². The second-order valence-corrected chi connectivity index (χ2v) is 6.06. The molecule has 7 nitrogen and oxygen atoms in total. The summed E-state index contributed by atoms with van der Waals surface area (Å²) in [6.45, 7) is 2.29. The molecule has 0 spiro atoms. The minimum atomic E-state index is -0.304. The van der Waals surface area contributed by atoms with E-state index in [1.165, 1.54) is 17.9 Å². The molecule has 2 amide bonds. The number of amides is 2. The molecule has 3 rings (SSSR count). The lowest BCUT2D eigenvalue weighted by atomic mass is 10.1. The standard InChI is InChI=1S/C21H21N3O4/c1-2-15-5-7-16(8-6-15)18-14-21(28-24-18)23-20(26)11-12-22-19(25)10-9-17-4-3-13-27-17/h3-10,13-14H,2,11-12H2,1H3,(H,22,25)(H,23,26)/b10-9+. The number of furan rings is 1. The molecule has 2 heterocycles. The second-order valence-electron chi connectivity index (χ2n) is 6.06. The van der Waals surface area contributed by atoms with Crippen LogP contribution in [0.25, 0.3) is 17.3 Å². The van der Waals surface area contributed by atoms with E-state index >= 15 is 0 Å². The Kier molecular flexibility index (Phi) is 6.41. The quantitative estimate of drug-likeness (QED) is 0.582. The number of carbonyl (C=O) groups is 2. The van der Waals surface area contributed by atoms with E-state index < -0.39 is 0 Å². The Morgan fingerprint density at radius 3 is 2.71 bits per heavy atom. The Morgan fingerprint density at radius 2 is 2.00 bits per heavy atom. The molecule has 0 saturated heterocycles. The van der Waals surface area contributed by atoms with Gasteiger partial charge in [0.2, 0.25) is 17.7 Å². The average molecular weight is 379 g/mol. The van der Waals surface area contributed by atoms with Gasteiger partial charge in [-0.3, -0.25) is 14.9 Å². The van der Waals surface area contributed by atoms with Crippen molar-refractivity contribution in [2.45, 2.75) is 19.8 Å². The minimum absolute atomic E-state index is 0.113. The third-order valence-corrected chi connectivity index (χ3v) is 4.02. The van der Waals surface area contributed by atoms with Crippen molar-refractivity contribution in [3.8, 4) is 11.3 Å². The molecule has 1 aromatic carbocycles. The highest BCUT2D eigenvalue weighted by molar-refractivity contribution is 5.93. The SMILES string of the molecule is CCc1ccc(-c2cc(NC(=O)CCNC(=O)/C=C/c3ccco3)on2)cc1. The van der Waals surface area contributed by atoms with Crippen LogP contribution in [0, 0.1) is 0 Å². The summed E-state index contributed by atoms with van der Waals surface area (Å²) < 4.78 is 10.3. The van der Waals surface area contributed by atoms with E-state index in [9.17, 15) is 9.59 Å². The molecule has 0 bridgehead atoms. The Bertz CT molecular complexity index is 940. The molecule has 0 aliphatic heterocycles. The molecule has 144 valence electrons. The predicted octanol–water partition coefficient (Wildman–Crippen LogP) is 3.66. The molecule has 3 aromatic rings. The van der Waals surface area contributed by atoms with E-state index in [-0.39, 0.29) is 30.7 Å². The van der Waals surface area contributed by atoms with Gasteiger partial charge in [0.05, 0.1) is 6.26 Å². The lowest BCUT2D eigenvalue weighted by Crippen LogP contribution is -2.26. The molecular formula is C21H21N3O4. The van der Waals surface area contributed by atoms with Crippen molar-refractivity contribution in [1.82, 2.24) is 10.5 Å². The van der Waals surface area contributed by atoms with Gasteiger partial charge < -0.3 is 14.3 Å². The second kappa shape index (κ2) is 9.36. The normalized spacial score (nSPS) is 10.9. The van der Waals surface area contributed by atoms with Crippen LogP contribution in [-0.4, -0.2) is 23.5 Å². The summed E-state index contributed by atoms with van der Waals surface area (Å²) in [6, 6.07) is 13.1. The number of anilines is 1. The van der Waals surface area contributed by atoms with Gasteiger partial charge >= 0.3 is 0 Å². The molecule has 0 saturated carbocycles. The summed E-state index contributed by atoms with van der Waals surface area (Å²) in [5.41, 5.74) is 2.80. The Labute approximate surface area is 162 Å². The van der Waals surface area contributed by atoms with Crippen LogP contribution in [0.5, 0.6) is 0 Å². The Morgan fingerprint density at radius 1 is 1.18 bits per heavy atom. The van der Waals surface area contributed by atoms with Crippen LogP contribution in [0.4, 0.5) is 5.88 Å². The maximum atomic E-state index is 12.0. The molecule has 2 N–H and O–H groups in total. The van der Waals surface area contributed by atoms with Crippen LogP contribution < -0.4 is 10.6 Å². The summed E-state index contributed by atoms with van der Waals surface area (Å²) in [7, 11) is 0. The molecule has 2 aromatic heterocycles. The monoisotopic (exact) mass is 379 g/mol. The molecule has 0 aliphatic carbocycles. The summed E-state index contributed by atoms with van der Waals surface area (Å²) in [5, 5.41) is 9.23. The number of nitrogens with zero attached hydrogens (tertiary/aromatic N) is 1. The Hall–Kier alpha value is -3.61. The smallest absolute Gasteiger partial charge is 0.244 e. The van der Waals surface area contributed by atoms with E-state index in [1.54, 1.807) is 24.3 Å². The molecular weight excluding hydrogens is 358 g/mol. The first-order chi connectivity index (χ1) is 13.6. The fraction of sp³-hybridized carbons (Fsp3) is 0.190. The van der Waals surface area contributed by atoms with Crippen LogP contribution in [0.3, 0.4) is 0 Å². The zero-order valence-corrected chi connectivity index (χ0v) is 15.5. The van der Waals surface area contributed by atoms with E-state index in [2.05, 4.69) is 22.7 Å². The van der Waals surface area contributed by atoms with Crippen molar-refractivity contribution < 1.29 is 18.5 Å². The maximum absolute atomic E-state index is 12.0. The van der Waals surface area contributed by atoms with Crippen molar-refractivity contribution in [2.24, 2.45) is 0 Å². The van der Waals surface area contributed by atoms with Gasteiger partial charge in [-0.1, -0.05) is 36.3 Å². The summed E-state index contributed by atoms with van der Waals surface area (Å²) in [4.78, 5) is 23.7. The zero-order valence-electron chi connectivity index (χ0n) is 15.5. The van der Waals surface area contributed by atoms with Gasteiger partial charge in [-0.2, -0.15) is 0 Å². The van der Waals surface area contributed by atoms with Crippen molar-refractivity contribution in [3.05, 3.63) is 66.1 Å². The number of aryl methyl sites for hydroxylation is 1. The highest BCUT2D eigenvalue weighted by Gasteiger charge is 2.10.